The summed E-state index contributed by atoms with van der Waals surface area (Å²) in [7, 11) is 0. The van der Waals surface area contributed by atoms with E-state index in [0.717, 1.165) is 25.9 Å². The number of hydrogen-bond acceptors (Lipinski definition) is 2. The molecule has 0 saturated carbocycles. The van der Waals surface area contributed by atoms with Gasteiger partial charge in [-0.2, -0.15) is 0 Å². The van der Waals surface area contributed by atoms with Gasteiger partial charge in [0.1, 0.15) is 5.84 Å². The lowest BCUT2D eigenvalue weighted by atomic mass is 9.86. The first kappa shape index (κ1) is 5.89. The van der Waals surface area contributed by atoms with Gasteiger partial charge in [-0.25, -0.2) is 0 Å². The van der Waals surface area contributed by atoms with E-state index in [9.17, 15) is 0 Å². The molecule has 2 bridgehead atoms. The molecule has 10 heavy (non-hydrogen) atoms. The smallest absolute Gasteiger partial charge is 0.142 e. The summed E-state index contributed by atoms with van der Waals surface area (Å²) in [6.45, 7) is 2.01. The van der Waals surface area contributed by atoms with E-state index in [1.54, 1.807) is 0 Å². The van der Waals surface area contributed by atoms with Crippen molar-refractivity contribution in [2.75, 3.05) is 13.1 Å². The van der Waals surface area contributed by atoms with Crippen molar-refractivity contribution in [1.82, 2.24) is 4.90 Å². The van der Waals surface area contributed by atoms with Crippen LogP contribution in [0.25, 0.3) is 0 Å². The fraction of sp³-hybridized carbons (Fsp3) is 0.714. The van der Waals surface area contributed by atoms with E-state index in [0.29, 0.717) is 17.5 Å². The van der Waals surface area contributed by atoms with E-state index in [4.69, 9.17) is 10.8 Å². The third kappa shape index (κ3) is 0.602. The van der Waals surface area contributed by atoms with Crippen LogP contribution in [-0.2, 0) is 0 Å². The lowest BCUT2D eigenvalue weighted by Crippen LogP contribution is -2.51. The molecule has 0 aromatic carbocycles. The zero-order valence-electron chi connectivity index (χ0n) is 5.85. The van der Waals surface area contributed by atoms with Gasteiger partial charge in [0.2, 0.25) is 0 Å². The maximum atomic E-state index is 7.52. The van der Waals surface area contributed by atoms with Gasteiger partial charge in [0.15, 0.2) is 0 Å². The van der Waals surface area contributed by atoms with Gasteiger partial charge in [-0.15, -0.1) is 0 Å². The van der Waals surface area contributed by atoms with Crippen molar-refractivity contribution in [2.45, 2.75) is 12.8 Å². The van der Waals surface area contributed by atoms with E-state index >= 15 is 0 Å². The van der Waals surface area contributed by atoms with Crippen molar-refractivity contribution in [3.63, 3.8) is 0 Å². The Morgan fingerprint density at radius 3 is 2.10 bits per heavy atom. The normalized spacial score (nSPS) is 26.2. The third-order valence-electron chi connectivity index (χ3n) is 2.47. The molecule has 3 aliphatic rings. The molecule has 0 atom stereocenters. The van der Waals surface area contributed by atoms with Crippen LogP contribution in [0.3, 0.4) is 0 Å². The van der Waals surface area contributed by atoms with Crippen LogP contribution >= 0.6 is 0 Å². The van der Waals surface area contributed by atoms with Gasteiger partial charge in [-0.1, -0.05) is 0 Å². The van der Waals surface area contributed by atoms with Crippen LogP contribution < -0.4 is 0 Å². The van der Waals surface area contributed by atoms with E-state index < -0.39 is 0 Å². The third-order valence-corrected chi connectivity index (χ3v) is 2.47. The standard InChI is InChI=1S/C7H11N3/c8-6-5-1-3-10(4-2-5)7(6)9/h5,8-9H,1-4H2. The van der Waals surface area contributed by atoms with Gasteiger partial charge in [0, 0.05) is 19.0 Å². The Morgan fingerprint density at radius 1 is 1.20 bits per heavy atom. The average molecular weight is 137 g/mol. The van der Waals surface area contributed by atoms with Crippen molar-refractivity contribution in [2.24, 2.45) is 5.92 Å². The van der Waals surface area contributed by atoms with Crippen LogP contribution in [0, 0.1) is 16.7 Å². The molecule has 2 N–H and O–H groups in total. The molecule has 0 aromatic rings. The molecule has 3 heteroatoms. The highest BCUT2D eigenvalue weighted by atomic mass is 15.2. The Labute approximate surface area is 60.0 Å². The maximum absolute atomic E-state index is 7.52. The van der Waals surface area contributed by atoms with Crippen LogP contribution in [0.2, 0.25) is 0 Å². The van der Waals surface area contributed by atoms with Crippen molar-refractivity contribution in [1.29, 1.82) is 10.8 Å². The van der Waals surface area contributed by atoms with E-state index in [-0.39, 0.29) is 0 Å². The Hall–Kier alpha value is -0.860. The SMILES string of the molecule is N=C1C(=N)N2CCC1CC2. The number of piperidine rings is 3. The predicted octanol–water partition coefficient (Wildman–Crippen LogP) is 0.709. The number of hydrogen-bond donors (Lipinski definition) is 2. The number of fused-ring (bicyclic) bond motifs is 3. The van der Waals surface area contributed by atoms with Gasteiger partial charge in [-0.3, -0.25) is 5.41 Å². The minimum absolute atomic E-state index is 0.414. The monoisotopic (exact) mass is 137 g/mol. The Balaban J connectivity index is 2.28. The lowest BCUT2D eigenvalue weighted by molar-refractivity contribution is 0.289. The molecular formula is C7H11N3. The minimum Gasteiger partial charge on any atom is -0.356 e. The second-order valence-electron chi connectivity index (χ2n) is 3.02. The van der Waals surface area contributed by atoms with E-state index in [2.05, 4.69) is 0 Å². The van der Waals surface area contributed by atoms with Gasteiger partial charge in [-0.05, 0) is 12.8 Å². The van der Waals surface area contributed by atoms with Crippen LogP contribution in [-0.4, -0.2) is 29.5 Å². The second-order valence-corrected chi connectivity index (χ2v) is 3.02. The van der Waals surface area contributed by atoms with Gasteiger partial charge in [0.25, 0.3) is 0 Å². The molecule has 3 saturated heterocycles. The predicted molar refractivity (Wildman–Crippen MR) is 39.8 cm³/mol. The van der Waals surface area contributed by atoms with Gasteiger partial charge < -0.3 is 10.3 Å². The fourth-order valence-corrected chi connectivity index (χ4v) is 1.76. The average Bonchev–Trinajstić information content (AvgIpc) is 2.00. The minimum atomic E-state index is 0.414. The van der Waals surface area contributed by atoms with E-state index in [1.807, 2.05) is 4.90 Å². The van der Waals surface area contributed by atoms with E-state index in [1.165, 1.54) is 0 Å². The zero-order valence-corrected chi connectivity index (χ0v) is 5.85. The first-order valence-electron chi connectivity index (χ1n) is 3.71. The summed E-state index contributed by atoms with van der Waals surface area (Å²) in [5, 5.41) is 15.0. The molecule has 0 amide bonds. The quantitative estimate of drug-likeness (QED) is 0.507. The Kier molecular flexibility index (Phi) is 1.07. The highest BCUT2D eigenvalue weighted by Crippen LogP contribution is 2.25. The Morgan fingerprint density at radius 2 is 1.80 bits per heavy atom. The van der Waals surface area contributed by atoms with Gasteiger partial charge in [0.05, 0.1) is 5.71 Å². The molecule has 0 radical (unpaired) electrons. The largest absolute Gasteiger partial charge is 0.356 e. The van der Waals surface area contributed by atoms with Gasteiger partial charge >= 0.3 is 0 Å². The molecule has 0 aliphatic carbocycles. The summed E-state index contributed by atoms with van der Waals surface area (Å²) in [5.74, 6) is 0.889. The van der Waals surface area contributed by atoms with Crippen molar-refractivity contribution in [3.05, 3.63) is 0 Å². The molecule has 3 rings (SSSR count). The lowest BCUT2D eigenvalue weighted by Gasteiger charge is -2.40. The molecule has 3 heterocycles. The van der Waals surface area contributed by atoms with Crippen LogP contribution in [0.5, 0.6) is 0 Å². The number of nitrogens with zero attached hydrogens (tertiary/aromatic N) is 1. The summed E-state index contributed by atoms with van der Waals surface area (Å²) < 4.78 is 0. The Bertz CT molecular complexity index is 167. The molecular weight excluding hydrogens is 126 g/mol. The second kappa shape index (κ2) is 1.81. The van der Waals surface area contributed by atoms with Crippen LogP contribution in [0.15, 0.2) is 0 Å². The molecule has 0 aromatic heterocycles. The summed E-state index contributed by atoms with van der Waals surface area (Å²) in [6, 6.07) is 0. The van der Waals surface area contributed by atoms with Crippen LogP contribution in [0.4, 0.5) is 0 Å². The maximum Gasteiger partial charge on any atom is 0.142 e. The molecule has 0 spiro atoms. The molecule has 3 aliphatic heterocycles. The van der Waals surface area contributed by atoms with Crippen molar-refractivity contribution >= 4 is 11.5 Å². The summed E-state index contributed by atoms with van der Waals surface area (Å²) in [6.07, 6.45) is 2.20. The number of amidine groups is 1. The zero-order chi connectivity index (χ0) is 7.14. The molecule has 3 fully saturated rings. The van der Waals surface area contributed by atoms with Crippen molar-refractivity contribution in [3.8, 4) is 0 Å². The molecule has 54 valence electrons. The fourth-order valence-electron chi connectivity index (χ4n) is 1.76. The summed E-state index contributed by atoms with van der Waals surface area (Å²) in [5.41, 5.74) is 0.567. The number of nitrogens with one attached hydrogen (secondary N) is 2. The topological polar surface area (TPSA) is 50.9 Å². The highest BCUT2D eigenvalue weighted by molar-refractivity contribution is 6.40. The molecule has 3 nitrogen and oxygen atoms in total. The molecule has 0 unspecified atom stereocenters. The highest BCUT2D eigenvalue weighted by Gasteiger charge is 2.33. The number of rotatable bonds is 0. The first-order valence-corrected chi connectivity index (χ1v) is 3.71. The summed E-state index contributed by atoms with van der Waals surface area (Å²) in [4.78, 5) is 2.00. The summed E-state index contributed by atoms with van der Waals surface area (Å²) >= 11 is 0. The van der Waals surface area contributed by atoms with Crippen LogP contribution in [0.1, 0.15) is 12.8 Å². The van der Waals surface area contributed by atoms with Crippen molar-refractivity contribution < 1.29 is 0 Å². The first-order chi connectivity index (χ1) is 4.79.